The van der Waals surface area contributed by atoms with Crippen LogP contribution in [0.3, 0.4) is 0 Å². The molecule has 402 valence electrons. The van der Waals surface area contributed by atoms with Crippen molar-refractivity contribution < 1.29 is 17.7 Å². The Labute approximate surface area is 476 Å². The predicted molar refractivity (Wildman–Crippen MR) is 346 cm³/mol. The van der Waals surface area contributed by atoms with E-state index in [2.05, 4.69) is 261 Å². The number of fused-ring (bicyclic) bond motifs is 14. The normalized spacial score (nSPS) is 12.5. The number of nitrogens with zero attached hydrogens (tertiary/aromatic N) is 2. The van der Waals surface area contributed by atoms with E-state index in [9.17, 15) is 0 Å². The van der Waals surface area contributed by atoms with Crippen molar-refractivity contribution in [3.05, 3.63) is 215 Å². The van der Waals surface area contributed by atoms with Gasteiger partial charge in [0, 0.05) is 77.0 Å². The van der Waals surface area contributed by atoms with Gasteiger partial charge in [-0.15, -0.1) is 0 Å². The third kappa shape index (κ3) is 7.46. The molecule has 0 amide bonds. The van der Waals surface area contributed by atoms with Gasteiger partial charge >= 0.3 is 0 Å². The molecule has 0 unspecified atom stereocenters. The molecular weight excluding hydrogens is 1000 g/mol. The summed E-state index contributed by atoms with van der Waals surface area (Å²) in [6.07, 6.45) is 0. The highest BCUT2D eigenvalue weighted by atomic mass is 16.3. The van der Waals surface area contributed by atoms with E-state index in [-0.39, 0.29) is 11.8 Å². The zero-order chi connectivity index (χ0) is 56.0. The second kappa shape index (κ2) is 18.7. The summed E-state index contributed by atoms with van der Waals surface area (Å²) in [5.41, 5.74) is 20.6. The highest BCUT2D eigenvalue weighted by Gasteiger charge is 2.30. The molecular formula is C76H64N2O4. The number of furan rings is 4. The molecule has 0 aliphatic carbocycles. The third-order valence-corrected chi connectivity index (χ3v) is 17.5. The van der Waals surface area contributed by atoms with Crippen molar-refractivity contribution in [3.8, 4) is 0 Å². The molecule has 15 rings (SSSR count). The first-order chi connectivity index (χ1) is 39.8. The molecule has 0 atom stereocenters. The van der Waals surface area contributed by atoms with E-state index in [1.165, 1.54) is 33.4 Å². The number of benzene rings is 11. The van der Waals surface area contributed by atoms with Gasteiger partial charge in [-0.2, -0.15) is 0 Å². The molecule has 0 saturated carbocycles. The topological polar surface area (TPSA) is 59.0 Å². The molecule has 6 nitrogen and oxygen atoms in total. The minimum Gasteiger partial charge on any atom is -0.456 e. The highest BCUT2D eigenvalue weighted by Crippen LogP contribution is 2.52. The highest BCUT2D eigenvalue weighted by molar-refractivity contribution is 6.23. The van der Waals surface area contributed by atoms with E-state index in [0.29, 0.717) is 11.8 Å². The Balaban J connectivity index is 0.897. The molecule has 0 aliphatic heterocycles. The Morgan fingerprint density at radius 1 is 0.293 bits per heavy atom. The van der Waals surface area contributed by atoms with Crippen LogP contribution in [0.4, 0.5) is 34.1 Å². The molecule has 82 heavy (non-hydrogen) atoms. The molecule has 0 N–H and O–H groups in total. The molecule has 0 fully saturated rings. The standard InChI is InChI=1S/C76H64N2O4/c1-41(2)53-21-15-23-55-57-25-17-29-63(73(57)81-71(53)55)77(61-27-13-11-19-45(61)9)51-33-31-47-37-59-65(39-49(47)35-51)79-75-68(44(7)8)70-60-38-48-32-34-52(36-50(48)40-66(60)80-76(70)67(43(5)6)69(59)75)78(62-28-14-12-20-46(62)10)64-30-18-26-58-56-24-16-22-54(42(3)4)72(56)82-74(58)64/h11-44H,1-10H3. The lowest BCUT2D eigenvalue weighted by Crippen LogP contribution is -2.11. The molecule has 15 aromatic rings. The van der Waals surface area contributed by atoms with Gasteiger partial charge in [0.05, 0.1) is 11.4 Å². The van der Waals surface area contributed by atoms with E-state index in [1.54, 1.807) is 0 Å². The largest absolute Gasteiger partial charge is 0.456 e. The molecule has 11 aromatic carbocycles. The summed E-state index contributed by atoms with van der Waals surface area (Å²) >= 11 is 0. The predicted octanol–water partition coefficient (Wildman–Crippen LogP) is 23.6. The van der Waals surface area contributed by atoms with Crippen molar-refractivity contribution in [1.82, 2.24) is 0 Å². The zero-order valence-electron chi connectivity index (χ0n) is 48.2. The van der Waals surface area contributed by atoms with Crippen LogP contribution >= 0.6 is 0 Å². The second-order valence-corrected chi connectivity index (χ2v) is 24.0. The van der Waals surface area contributed by atoms with Crippen LogP contribution in [0.2, 0.25) is 0 Å². The smallest absolute Gasteiger partial charge is 0.159 e. The van der Waals surface area contributed by atoms with Crippen molar-refractivity contribution in [2.45, 2.75) is 92.9 Å². The number of anilines is 6. The van der Waals surface area contributed by atoms with Crippen LogP contribution in [0.1, 0.15) is 112 Å². The SMILES string of the molecule is Cc1ccccc1N(c1ccc2cc3c(cc2c1)oc1c(C(C)C)c2c(oc4cc5cc(N(c6ccccc6C)c6cccc7c6oc6c(C(C)C)cccc67)ccc5cc42)c(C(C)C)c13)c1cccc2c1oc1c(C(C)C)cccc12. The van der Waals surface area contributed by atoms with Gasteiger partial charge in [0.25, 0.3) is 0 Å². The maximum absolute atomic E-state index is 7.29. The van der Waals surface area contributed by atoms with Crippen LogP contribution in [0.25, 0.3) is 109 Å². The van der Waals surface area contributed by atoms with Gasteiger partial charge in [0.15, 0.2) is 11.2 Å². The number of hydrogen-bond acceptors (Lipinski definition) is 6. The van der Waals surface area contributed by atoms with Gasteiger partial charge in [0.1, 0.15) is 33.5 Å². The molecule has 0 saturated heterocycles. The van der Waals surface area contributed by atoms with E-state index in [4.69, 9.17) is 17.7 Å². The minimum atomic E-state index is 0.132. The molecule has 6 heteroatoms. The summed E-state index contributed by atoms with van der Waals surface area (Å²) in [7, 11) is 0. The zero-order valence-corrected chi connectivity index (χ0v) is 48.2. The van der Waals surface area contributed by atoms with E-state index < -0.39 is 0 Å². The summed E-state index contributed by atoms with van der Waals surface area (Å²) in [5.74, 6) is 0.907. The number of aryl methyl sites for hydroxylation is 2. The lowest BCUT2D eigenvalue weighted by molar-refractivity contribution is 0.649. The van der Waals surface area contributed by atoms with Gasteiger partial charge in [-0.3, -0.25) is 0 Å². The average Bonchev–Trinajstić information content (AvgIpc) is 2.03. The first-order valence-electron chi connectivity index (χ1n) is 29.2. The van der Waals surface area contributed by atoms with Crippen molar-refractivity contribution in [1.29, 1.82) is 0 Å². The molecule has 0 spiro atoms. The lowest BCUT2D eigenvalue weighted by atomic mass is 9.87. The Morgan fingerprint density at radius 2 is 0.671 bits per heavy atom. The molecule has 4 aromatic heterocycles. The first-order valence-corrected chi connectivity index (χ1v) is 29.2. The van der Waals surface area contributed by atoms with Crippen LogP contribution in [0.15, 0.2) is 200 Å². The van der Waals surface area contributed by atoms with Crippen LogP contribution in [-0.4, -0.2) is 0 Å². The van der Waals surface area contributed by atoms with E-state index in [0.717, 1.165) is 143 Å². The fraction of sp³-hybridized carbons (Fsp3) is 0.184. The van der Waals surface area contributed by atoms with Crippen molar-refractivity contribution in [2.75, 3.05) is 9.80 Å². The van der Waals surface area contributed by atoms with Crippen molar-refractivity contribution >= 4 is 143 Å². The minimum absolute atomic E-state index is 0.132. The average molecular weight is 1070 g/mol. The van der Waals surface area contributed by atoms with Gasteiger partial charge in [-0.1, -0.05) is 165 Å². The molecule has 0 radical (unpaired) electrons. The van der Waals surface area contributed by atoms with Crippen molar-refractivity contribution in [2.24, 2.45) is 0 Å². The first kappa shape index (κ1) is 49.8. The summed E-state index contributed by atoms with van der Waals surface area (Å²) in [6.45, 7) is 22.4. The Hall–Kier alpha value is -9.26. The lowest BCUT2D eigenvalue weighted by Gasteiger charge is -2.27. The molecule has 4 heterocycles. The van der Waals surface area contributed by atoms with Gasteiger partial charge in [0.2, 0.25) is 0 Å². The van der Waals surface area contributed by atoms with Crippen molar-refractivity contribution in [3.63, 3.8) is 0 Å². The monoisotopic (exact) mass is 1070 g/mol. The second-order valence-electron chi connectivity index (χ2n) is 24.0. The molecule has 0 bridgehead atoms. The van der Waals surface area contributed by atoms with Crippen LogP contribution < -0.4 is 9.80 Å². The quantitative estimate of drug-likeness (QED) is 0.136. The van der Waals surface area contributed by atoms with Crippen LogP contribution in [-0.2, 0) is 0 Å². The number of rotatable bonds is 10. The summed E-state index contributed by atoms with van der Waals surface area (Å²) < 4.78 is 28.5. The Bertz CT molecular complexity index is 4790. The Morgan fingerprint density at radius 3 is 1.06 bits per heavy atom. The summed E-state index contributed by atoms with van der Waals surface area (Å²) in [4.78, 5) is 4.72. The van der Waals surface area contributed by atoms with Gasteiger partial charge in [-0.25, -0.2) is 0 Å². The summed E-state index contributed by atoms with van der Waals surface area (Å²) in [5, 5.41) is 13.4. The number of hydrogen-bond donors (Lipinski definition) is 0. The number of para-hydroxylation sites is 6. The van der Waals surface area contributed by atoms with Crippen LogP contribution in [0.5, 0.6) is 0 Å². The van der Waals surface area contributed by atoms with Gasteiger partial charge in [-0.05, 0) is 154 Å². The fourth-order valence-electron chi connectivity index (χ4n) is 13.5. The van der Waals surface area contributed by atoms with Crippen LogP contribution in [0, 0.1) is 13.8 Å². The fourth-order valence-corrected chi connectivity index (χ4v) is 13.5. The van der Waals surface area contributed by atoms with E-state index >= 15 is 0 Å². The van der Waals surface area contributed by atoms with Gasteiger partial charge < -0.3 is 27.5 Å². The van der Waals surface area contributed by atoms with E-state index in [1.807, 2.05) is 0 Å². The third-order valence-electron chi connectivity index (χ3n) is 17.5. The molecule has 0 aliphatic rings. The maximum atomic E-state index is 7.29. The summed E-state index contributed by atoms with van der Waals surface area (Å²) in [6, 6.07) is 66.2. The Kier molecular flexibility index (Phi) is 11.3. The maximum Gasteiger partial charge on any atom is 0.159 e.